The van der Waals surface area contributed by atoms with Crippen molar-refractivity contribution < 1.29 is 0 Å². The molecular weight excluding hydrogens is 296 g/mol. The predicted molar refractivity (Wildman–Crippen MR) is 76.4 cm³/mol. The molecule has 1 heterocycles. The maximum Gasteiger partial charge on any atom is 0.0795 e. The molecular formula is C13H15BrN2S. The van der Waals surface area contributed by atoms with Gasteiger partial charge in [0.2, 0.25) is 0 Å². The van der Waals surface area contributed by atoms with Crippen LogP contribution in [0.1, 0.15) is 24.2 Å². The number of likely N-dealkylation sites (N-methyl/N-ethyl adjacent to an activating group) is 1. The number of aromatic nitrogens is 1. The summed E-state index contributed by atoms with van der Waals surface area (Å²) >= 11 is 5.15. The average molecular weight is 311 g/mol. The number of thiazole rings is 1. The lowest BCUT2D eigenvalue weighted by Gasteiger charge is -2.15. The standard InChI is InChI=1S/C13H15BrN2S/c1-2-15-12(13-8-17-9-16-13)7-10-4-3-5-11(14)6-10/h3-6,8-9,12,15H,2,7H2,1H3. The van der Waals surface area contributed by atoms with E-state index in [0.29, 0.717) is 6.04 Å². The fraction of sp³-hybridized carbons (Fsp3) is 0.308. The van der Waals surface area contributed by atoms with E-state index in [0.717, 1.165) is 23.1 Å². The van der Waals surface area contributed by atoms with E-state index in [1.165, 1.54) is 5.56 Å². The zero-order valence-electron chi connectivity index (χ0n) is 9.69. The van der Waals surface area contributed by atoms with Gasteiger partial charge in [0.25, 0.3) is 0 Å². The minimum Gasteiger partial charge on any atom is -0.309 e. The number of rotatable bonds is 5. The van der Waals surface area contributed by atoms with Crippen molar-refractivity contribution in [2.75, 3.05) is 6.54 Å². The van der Waals surface area contributed by atoms with Crippen molar-refractivity contribution in [1.82, 2.24) is 10.3 Å². The van der Waals surface area contributed by atoms with E-state index in [1.54, 1.807) is 11.3 Å². The molecule has 0 aliphatic carbocycles. The lowest BCUT2D eigenvalue weighted by molar-refractivity contribution is 0.539. The van der Waals surface area contributed by atoms with Crippen LogP contribution in [0.5, 0.6) is 0 Å². The van der Waals surface area contributed by atoms with E-state index < -0.39 is 0 Å². The first-order valence-electron chi connectivity index (χ1n) is 5.65. The Kier molecular flexibility index (Phi) is 4.71. The van der Waals surface area contributed by atoms with Gasteiger partial charge in [0.05, 0.1) is 17.2 Å². The summed E-state index contributed by atoms with van der Waals surface area (Å²) in [4.78, 5) is 4.40. The number of nitrogens with one attached hydrogen (secondary N) is 1. The summed E-state index contributed by atoms with van der Waals surface area (Å²) in [7, 11) is 0. The maximum atomic E-state index is 4.40. The SMILES string of the molecule is CCNC(Cc1cccc(Br)c1)c1cscn1. The highest BCUT2D eigenvalue weighted by molar-refractivity contribution is 9.10. The highest BCUT2D eigenvalue weighted by atomic mass is 79.9. The fourth-order valence-electron chi connectivity index (χ4n) is 1.82. The summed E-state index contributed by atoms with van der Waals surface area (Å²) in [5.41, 5.74) is 4.34. The maximum absolute atomic E-state index is 4.40. The van der Waals surface area contributed by atoms with Crippen LogP contribution in [-0.4, -0.2) is 11.5 Å². The van der Waals surface area contributed by atoms with E-state index in [2.05, 4.69) is 62.8 Å². The molecule has 1 atom stereocenters. The van der Waals surface area contributed by atoms with Crippen LogP contribution >= 0.6 is 27.3 Å². The first-order chi connectivity index (χ1) is 8.29. The van der Waals surface area contributed by atoms with Crippen molar-refractivity contribution in [2.45, 2.75) is 19.4 Å². The first kappa shape index (κ1) is 12.7. The number of hydrogen-bond donors (Lipinski definition) is 1. The molecule has 0 aliphatic heterocycles. The zero-order valence-corrected chi connectivity index (χ0v) is 12.1. The predicted octanol–water partition coefficient (Wildman–Crippen LogP) is 3.80. The largest absolute Gasteiger partial charge is 0.309 e. The van der Waals surface area contributed by atoms with Gasteiger partial charge in [-0.3, -0.25) is 0 Å². The third-order valence-corrected chi connectivity index (χ3v) is 3.69. The minimum atomic E-state index is 0.306. The van der Waals surface area contributed by atoms with E-state index in [1.807, 2.05) is 5.51 Å². The molecule has 4 heteroatoms. The smallest absolute Gasteiger partial charge is 0.0795 e. The van der Waals surface area contributed by atoms with Crippen molar-refractivity contribution in [2.24, 2.45) is 0 Å². The van der Waals surface area contributed by atoms with Gasteiger partial charge in [0, 0.05) is 9.85 Å². The zero-order chi connectivity index (χ0) is 12.1. The molecule has 1 N–H and O–H groups in total. The van der Waals surface area contributed by atoms with Crippen molar-refractivity contribution in [3.63, 3.8) is 0 Å². The van der Waals surface area contributed by atoms with Crippen molar-refractivity contribution in [3.8, 4) is 0 Å². The number of benzene rings is 1. The fourth-order valence-corrected chi connectivity index (χ4v) is 2.88. The van der Waals surface area contributed by atoms with Crippen LogP contribution in [-0.2, 0) is 6.42 Å². The van der Waals surface area contributed by atoms with Gasteiger partial charge >= 0.3 is 0 Å². The normalized spacial score (nSPS) is 12.6. The topological polar surface area (TPSA) is 24.9 Å². The second-order valence-electron chi connectivity index (χ2n) is 3.86. The van der Waals surface area contributed by atoms with Gasteiger partial charge in [-0.2, -0.15) is 0 Å². The van der Waals surface area contributed by atoms with Gasteiger partial charge in [-0.1, -0.05) is 35.0 Å². The molecule has 2 nitrogen and oxygen atoms in total. The molecule has 1 unspecified atom stereocenters. The minimum absolute atomic E-state index is 0.306. The molecule has 0 fully saturated rings. The Labute approximate surface area is 114 Å². The number of nitrogens with zero attached hydrogens (tertiary/aromatic N) is 1. The summed E-state index contributed by atoms with van der Waals surface area (Å²) in [5.74, 6) is 0. The number of hydrogen-bond acceptors (Lipinski definition) is 3. The lowest BCUT2D eigenvalue weighted by atomic mass is 10.0. The van der Waals surface area contributed by atoms with Crippen LogP contribution in [0.15, 0.2) is 39.6 Å². The summed E-state index contributed by atoms with van der Waals surface area (Å²) in [6, 6.07) is 8.75. The molecule has 0 amide bonds. The Morgan fingerprint density at radius 3 is 3.00 bits per heavy atom. The summed E-state index contributed by atoms with van der Waals surface area (Å²) in [6.07, 6.45) is 0.969. The second kappa shape index (κ2) is 6.28. The van der Waals surface area contributed by atoms with Crippen molar-refractivity contribution in [1.29, 1.82) is 0 Å². The van der Waals surface area contributed by atoms with Crippen LogP contribution in [0.25, 0.3) is 0 Å². The van der Waals surface area contributed by atoms with Crippen LogP contribution in [0.4, 0.5) is 0 Å². The number of halogens is 1. The lowest BCUT2D eigenvalue weighted by Crippen LogP contribution is -2.23. The highest BCUT2D eigenvalue weighted by Crippen LogP contribution is 2.20. The molecule has 0 radical (unpaired) electrons. The third-order valence-electron chi connectivity index (χ3n) is 2.59. The summed E-state index contributed by atoms with van der Waals surface area (Å²) < 4.78 is 1.13. The molecule has 0 saturated carbocycles. The Bertz CT molecular complexity index is 456. The van der Waals surface area contributed by atoms with Crippen LogP contribution < -0.4 is 5.32 Å². The third kappa shape index (κ3) is 3.63. The van der Waals surface area contributed by atoms with Crippen molar-refractivity contribution in [3.05, 3.63) is 50.9 Å². The summed E-state index contributed by atoms with van der Waals surface area (Å²) in [5, 5.41) is 5.60. The van der Waals surface area contributed by atoms with E-state index in [4.69, 9.17) is 0 Å². The van der Waals surface area contributed by atoms with Gasteiger partial charge in [0.15, 0.2) is 0 Å². The molecule has 0 saturated heterocycles. The van der Waals surface area contributed by atoms with Gasteiger partial charge in [-0.25, -0.2) is 4.98 Å². The summed E-state index contributed by atoms with van der Waals surface area (Å²) in [6.45, 7) is 3.08. The molecule has 1 aromatic heterocycles. The van der Waals surface area contributed by atoms with Gasteiger partial charge in [0.1, 0.15) is 0 Å². The Morgan fingerprint density at radius 2 is 2.35 bits per heavy atom. The molecule has 0 aliphatic rings. The van der Waals surface area contributed by atoms with Crippen LogP contribution in [0.3, 0.4) is 0 Å². The van der Waals surface area contributed by atoms with E-state index in [9.17, 15) is 0 Å². The van der Waals surface area contributed by atoms with Gasteiger partial charge in [-0.15, -0.1) is 11.3 Å². The first-order valence-corrected chi connectivity index (χ1v) is 7.39. The molecule has 1 aromatic carbocycles. The van der Waals surface area contributed by atoms with Crippen LogP contribution in [0.2, 0.25) is 0 Å². The Hall–Kier alpha value is -0.710. The monoisotopic (exact) mass is 310 g/mol. The van der Waals surface area contributed by atoms with Gasteiger partial charge in [-0.05, 0) is 30.7 Å². The van der Waals surface area contributed by atoms with Crippen molar-refractivity contribution >= 4 is 27.3 Å². The second-order valence-corrected chi connectivity index (χ2v) is 5.49. The quantitative estimate of drug-likeness (QED) is 0.908. The average Bonchev–Trinajstić information content (AvgIpc) is 2.82. The van der Waals surface area contributed by atoms with E-state index >= 15 is 0 Å². The molecule has 2 rings (SSSR count). The molecule has 90 valence electrons. The molecule has 0 bridgehead atoms. The Morgan fingerprint density at radius 1 is 1.47 bits per heavy atom. The molecule has 17 heavy (non-hydrogen) atoms. The molecule has 2 aromatic rings. The highest BCUT2D eigenvalue weighted by Gasteiger charge is 2.12. The van der Waals surface area contributed by atoms with Gasteiger partial charge < -0.3 is 5.32 Å². The molecule has 0 spiro atoms. The Balaban J connectivity index is 2.13. The van der Waals surface area contributed by atoms with E-state index in [-0.39, 0.29) is 0 Å². The van der Waals surface area contributed by atoms with Crippen LogP contribution in [0, 0.1) is 0 Å².